The number of carbonyl (C=O) groups is 4. The Balaban J connectivity index is 2.88. The molecule has 4 N–H and O–H groups in total. The van der Waals surface area contributed by atoms with Crippen LogP contribution in [0, 0.1) is 11.7 Å². The van der Waals surface area contributed by atoms with Gasteiger partial charge in [-0.05, 0) is 31.0 Å². The molecule has 1 rings (SSSR count). The van der Waals surface area contributed by atoms with Gasteiger partial charge in [0, 0.05) is 13.3 Å². The molecule has 1 aromatic carbocycles. The van der Waals surface area contributed by atoms with Crippen LogP contribution in [-0.2, 0) is 30.3 Å². The second-order valence-corrected chi connectivity index (χ2v) is 6.44. The van der Waals surface area contributed by atoms with Crippen LogP contribution in [0.4, 0.5) is 4.39 Å². The number of primary amides is 1. The zero-order valence-corrected chi connectivity index (χ0v) is 16.2. The zero-order valence-electron chi connectivity index (χ0n) is 16.2. The van der Waals surface area contributed by atoms with E-state index in [1.807, 2.05) is 0 Å². The number of carbonyl (C=O) groups excluding carboxylic acids is 4. The number of nitrogens with two attached hydrogens (primary N) is 1. The lowest BCUT2D eigenvalue weighted by Crippen LogP contribution is -2.54. The summed E-state index contributed by atoms with van der Waals surface area (Å²) in [5.41, 5.74) is 5.83. The van der Waals surface area contributed by atoms with E-state index < -0.39 is 47.5 Å². The van der Waals surface area contributed by atoms with E-state index in [2.05, 4.69) is 10.6 Å². The Bertz CT molecular complexity index is 725. The van der Waals surface area contributed by atoms with Crippen molar-refractivity contribution < 1.29 is 28.3 Å². The summed E-state index contributed by atoms with van der Waals surface area (Å²) in [4.78, 5) is 47.5. The Morgan fingerprint density at radius 1 is 1.18 bits per heavy atom. The Kier molecular flexibility index (Phi) is 9.07. The Morgan fingerprint density at radius 2 is 1.86 bits per heavy atom. The van der Waals surface area contributed by atoms with Crippen LogP contribution < -0.4 is 16.4 Å². The maximum absolute atomic E-state index is 13.4. The van der Waals surface area contributed by atoms with Crippen molar-refractivity contribution >= 4 is 23.7 Å². The average molecular weight is 395 g/mol. The molecule has 1 aromatic rings. The molecule has 28 heavy (non-hydrogen) atoms. The lowest BCUT2D eigenvalue weighted by molar-refractivity contribution is -0.148. The van der Waals surface area contributed by atoms with Crippen molar-refractivity contribution in [3.8, 4) is 0 Å². The van der Waals surface area contributed by atoms with Crippen LogP contribution in [-0.4, -0.2) is 42.4 Å². The van der Waals surface area contributed by atoms with Crippen LogP contribution in [0.25, 0.3) is 0 Å². The molecule has 9 heteroatoms. The molecule has 0 aliphatic rings. The van der Waals surface area contributed by atoms with E-state index in [1.54, 1.807) is 19.9 Å². The van der Waals surface area contributed by atoms with Gasteiger partial charge in [-0.25, -0.2) is 4.39 Å². The molecule has 0 saturated heterocycles. The summed E-state index contributed by atoms with van der Waals surface area (Å²) in [7, 11) is 0. The smallest absolute Gasteiger partial charge is 0.308 e. The summed E-state index contributed by atoms with van der Waals surface area (Å²) >= 11 is 0. The molecule has 0 unspecified atom stereocenters. The highest BCUT2D eigenvalue weighted by Crippen LogP contribution is 2.11. The molecule has 8 nitrogen and oxygen atoms in total. The zero-order chi connectivity index (χ0) is 21.3. The van der Waals surface area contributed by atoms with Gasteiger partial charge in [-0.15, -0.1) is 0 Å². The summed E-state index contributed by atoms with van der Waals surface area (Å²) in [6, 6.07) is 3.43. The molecule has 3 atom stereocenters. The van der Waals surface area contributed by atoms with Gasteiger partial charge in [-0.1, -0.05) is 19.1 Å². The van der Waals surface area contributed by atoms with Crippen molar-refractivity contribution in [1.29, 1.82) is 0 Å². The highest BCUT2D eigenvalue weighted by Gasteiger charge is 2.28. The number of esters is 1. The molecule has 0 heterocycles. The number of ether oxygens (including phenoxy) is 1. The van der Waals surface area contributed by atoms with E-state index in [4.69, 9.17) is 10.5 Å². The SMILES string of the molecule is CCOC(=O)[C@H](C)C[C@@H](NC(=O)[C@H](Cc1cccc(F)c1)NC(C)=O)C(N)=O. The minimum absolute atomic E-state index is 0.0160. The predicted octanol–water partition coefficient (Wildman–Crippen LogP) is 0.432. The fraction of sp³-hybridized carbons (Fsp3) is 0.474. The standard InChI is InChI=1S/C19H26FN3O5/c1-4-28-19(27)11(2)8-15(17(21)25)23-18(26)16(22-12(3)24)10-13-6-5-7-14(20)9-13/h5-7,9,11,15-16H,4,8,10H2,1-3H3,(H2,21,25)(H,22,24)(H,23,26)/t11-,15-,16+/m1/s1. The maximum atomic E-state index is 13.4. The Labute approximate surface area is 163 Å². The number of hydrogen-bond acceptors (Lipinski definition) is 5. The number of halogens is 1. The Morgan fingerprint density at radius 3 is 2.39 bits per heavy atom. The summed E-state index contributed by atoms with van der Waals surface area (Å²) in [6.45, 7) is 4.63. The number of amides is 3. The predicted molar refractivity (Wildman–Crippen MR) is 99.2 cm³/mol. The largest absolute Gasteiger partial charge is 0.466 e. The van der Waals surface area contributed by atoms with Gasteiger partial charge in [0.15, 0.2) is 0 Å². The van der Waals surface area contributed by atoms with Crippen LogP contribution >= 0.6 is 0 Å². The van der Waals surface area contributed by atoms with Crippen LogP contribution in [0.5, 0.6) is 0 Å². The van der Waals surface area contributed by atoms with Crippen molar-refractivity contribution in [1.82, 2.24) is 10.6 Å². The van der Waals surface area contributed by atoms with E-state index in [0.717, 1.165) is 0 Å². The minimum atomic E-state index is -1.13. The van der Waals surface area contributed by atoms with Gasteiger partial charge < -0.3 is 21.1 Å². The molecule has 0 fully saturated rings. The minimum Gasteiger partial charge on any atom is -0.466 e. The fourth-order valence-corrected chi connectivity index (χ4v) is 2.61. The van der Waals surface area contributed by atoms with E-state index >= 15 is 0 Å². The Hall–Kier alpha value is -2.97. The van der Waals surface area contributed by atoms with Crippen molar-refractivity contribution in [2.24, 2.45) is 11.7 Å². The summed E-state index contributed by atoms with van der Waals surface area (Å²) < 4.78 is 18.3. The van der Waals surface area contributed by atoms with Gasteiger partial charge in [0.2, 0.25) is 17.7 Å². The maximum Gasteiger partial charge on any atom is 0.308 e. The number of nitrogens with one attached hydrogen (secondary N) is 2. The molecule has 3 amide bonds. The monoisotopic (exact) mass is 395 g/mol. The number of benzene rings is 1. The van der Waals surface area contributed by atoms with Gasteiger partial charge in [-0.2, -0.15) is 0 Å². The van der Waals surface area contributed by atoms with Crippen molar-refractivity contribution in [2.45, 2.75) is 45.7 Å². The van der Waals surface area contributed by atoms with Crippen LogP contribution in [0.3, 0.4) is 0 Å². The van der Waals surface area contributed by atoms with Gasteiger partial charge >= 0.3 is 5.97 Å². The van der Waals surface area contributed by atoms with Crippen LogP contribution in [0.2, 0.25) is 0 Å². The summed E-state index contributed by atoms with van der Waals surface area (Å²) in [5.74, 6) is -3.61. The third-order valence-electron chi connectivity index (χ3n) is 3.96. The molecule has 0 aliphatic carbocycles. The summed E-state index contributed by atoms with van der Waals surface area (Å²) in [5, 5.41) is 4.93. The van der Waals surface area contributed by atoms with E-state index in [9.17, 15) is 23.6 Å². The normalized spacial score (nSPS) is 13.7. The van der Waals surface area contributed by atoms with Gasteiger partial charge in [0.05, 0.1) is 12.5 Å². The molecule has 0 radical (unpaired) electrons. The van der Waals surface area contributed by atoms with E-state index in [1.165, 1.54) is 25.1 Å². The van der Waals surface area contributed by atoms with Crippen molar-refractivity contribution in [3.63, 3.8) is 0 Å². The van der Waals surface area contributed by atoms with Gasteiger partial charge in [0.1, 0.15) is 17.9 Å². The second-order valence-electron chi connectivity index (χ2n) is 6.44. The highest BCUT2D eigenvalue weighted by atomic mass is 19.1. The fourth-order valence-electron chi connectivity index (χ4n) is 2.61. The molecular formula is C19H26FN3O5. The first kappa shape index (κ1) is 23.1. The molecule has 0 aromatic heterocycles. The van der Waals surface area contributed by atoms with Gasteiger partial charge in [-0.3, -0.25) is 19.2 Å². The molecule has 154 valence electrons. The molecule has 0 saturated carbocycles. The molecule has 0 aliphatic heterocycles. The van der Waals surface area contributed by atoms with Gasteiger partial charge in [0.25, 0.3) is 0 Å². The molecule has 0 bridgehead atoms. The lowest BCUT2D eigenvalue weighted by atomic mass is 10.00. The number of hydrogen-bond donors (Lipinski definition) is 3. The second kappa shape index (κ2) is 11.0. The first-order chi connectivity index (χ1) is 13.1. The van der Waals surface area contributed by atoms with Crippen LogP contribution in [0.1, 0.15) is 32.8 Å². The third-order valence-corrected chi connectivity index (χ3v) is 3.96. The summed E-state index contributed by atoms with van der Waals surface area (Å²) in [6.07, 6.45) is -0.0330. The van der Waals surface area contributed by atoms with Crippen molar-refractivity contribution in [3.05, 3.63) is 35.6 Å². The molecular weight excluding hydrogens is 369 g/mol. The first-order valence-corrected chi connectivity index (χ1v) is 8.91. The lowest BCUT2D eigenvalue weighted by Gasteiger charge is -2.23. The first-order valence-electron chi connectivity index (χ1n) is 8.91. The third kappa shape index (κ3) is 7.73. The van der Waals surface area contributed by atoms with Crippen LogP contribution in [0.15, 0.2) is 24.3 Å². The average Bonchev–Trinajstić information content (AvgIpc) is 2.60. The van der Waals surface area contributed by atoms with Crippen molar-refractivity contribution in [2.75, 3.05) is 6.61 Å². The topological polar surface area (TPSA) is 128 Å². The quantitative estimate of drug-likeness (QED) is 0.495. The van der Waals surface area contributed by atoms with E-state index in [0.29, 0.717) is 5.56 Å². The van der Waals surface area contributed by atoms with E-state index in [-0.39, 0.29) is 19.4 Å². The highest BCUT2D eigenvalue weighted by molar-refractivity contribution is 5.91. The number of rotatable bonds is 10. The molecule has 0 spiro atoms.